The fourth-order valence-electron chi connectivity index (χ4n) is 1.12. The van der Waals surface area contributed by atoms with Gasteiger partial charge in [0.2, 0.25) is 0 Å². The number of amides is 1. The predicted octanol–water partition coefficient (Wildman–Crippen LogP) is 2.30. The first kappa shape index (κ1) is 13.5. The third kappa shape index (κ3) is 2.75. The number of nitrogens with zero attached hydrogens (tertiary/aromatic N) is 2. The highest BCUT2D eigenvalue weighted by Gasteiger charge is 2.49. The molecule has 0 aliphatic rings. The first-order valence-corrected chi connectivity index (χ1v) is 4.77. The van der Waals surface area contributed by atoms with E-state index < -0.39 is 18.3 Å². The van der Waals surface area contributed by atoms with E-state index in [1.165, 1.54) is 16.9 Å². The molecule has 17 heavy (non-hydrogen) atoms. The Morgan fingerprint density at radius 1 is 1.47 bits per heavy atom. The molecule has 0 unspecified atom stereocenters. The summed E-state index contributed by atoms with van der Waals surface area (Å²) in [5.41, 5.74) is 0. The normalized spacial score (nSPS) is 12.2. The van der Waals surface area contributed by atoms with Gasteiger partial charge < -0.3 is 5.32 Å². The molecule has 0 atom stereocenters. The van der Waals surface area contributed by atoms with E-state index >= 15 is 0 Å². The monoisotopic (exact) mass is 253 g/mol. The fraction of sp³-hybridized carbons (Fsp3) is 0.556. The van der Waals surface area contributed by atoms with Crippen molar-refractivity contribution in [3.8, 4) is 0 Å². The van der Waals surface area contributed by atoms with Crippen LogP contribution in [0, 0.1) is 0 Å². The highest BCUT2D eigenvalue weighted by Crippen LogP contribution is 2.25. The number of rotatable bonds is 4. The highest BCUT2D eigenvalue weighted by atomic mass is 19.3. The summed E-state index contributed by atoms with van der Waals surface area (Å²) in [6.45, 7) is 3.40. The molecule has 0 spiro atoms. The van der Waals surface area contributed by atoms with E-state index in [1.807, 2.05) is 0 Å². The van der Waals surface area contributed by atoms with Gasteiger partial charge in [0.25, 0.3) is 0 Å². The van der Waals surface area contributed by atoms with Crippen LogP contribution in [0.25, 0.3) is 0 Å². The second-order valence-electron chi connectivity index (χ2n) is 3.63. The third-order valence-corrected chi connectivity index (χ3v) is 1.98. The number of aromatic nitrogens is 2. The van der Waals surface area contributed by atoms with Crippen LogP contribution in [-0.2, 0) is 4.79 Å². The average Bonchev–Trinajstić information content (AvgIpc) is 2.65. The van der Waals surface area contributed by atoms with Crippen molar-refractivity contribution in [2.24, 2.45) is 0 Å². The van der Waals surface area contributed by atoms with Gasteiger partial charge in [-0.1, -0.05) is 0 Å². The van der Waals surface area contributed by atoms with Crippen LogP contribution in [0.2, 0.25) is 0 Å². The standard InChI is InChI=1S/C9H11F4N3O/c1-5(2)16-6(3-4-14-16)15-8(17)9(12,13)7(10)11/h3-5,7H,1-2H3,(H,15,17). The van der Waals surface area contributed by atoms with Crippen molar-refractivity contribution in [2.75, 3.05) is 5.32 Å². The van der Waals surface area contributed by atoms with Crippen molar-refractivity contribution >= 4 is 11.7 Å². The number of halogens is 4. The van der Waals surface area contributed by atoms with Crippen molar-refractivity contribution in [1.29, 1.82) is 0 Å². The summed E-state index contributed by atoms with van der Waals surface area (Å²) in [5, 5.41) is 5.49. The smallest absolute Gasteiger partial charge is 0.305 e. The van der Waals surface area contributed by atoms with Gasteiger partial charge in [-0.2, -0.15) is 13.9 Å². The van der Waals surface area contributed by atoms with E-state index in [0.29, 0.717) is 0 Å². The van der Waals surface area contributed by atoms with Crippen molar-refractivity contribution in [2.45, 2.75) is 32.2 Å². The summed E-state index contributed by atoms with van der Waals surface area (Å²) in [5.74, 6) is -6.81. The Morgan fingerprint density at radius 2 is 2.06 bits per heavy atom. The molecule has 1 aromatic rings. The first-order chi connectivity index (χ1) is 7.76. The fourth-order valence-corrected chi connectivity index (χ4v) is 1.12. The molecular weight excluding hydrogens is 242 g/mol. The van der Waals surface area contributed by atoms with Gasteiger partial charge in [-0.05, 0) is 13.8 Å². The van der Waals surface area contributed by atoms with Gasteiger partial charge in [0.05, 0.1) is 6.20 Å². The maximum absolute atomic E-state index is 12.7. The number of carbonyl (C=O) groups excluding carboxylic acids is 1. The Labute approximate surface area is 94.6 Å². The minimum atomic E-state index is -4.72. The van der Waals surface area contributed by atoms with Gasteiger partial charge in [-0.3, -0.25) is 4.79 Å². The molecule has 0 saturated carbocycles. The predicted molar refractivity (Wildman–Crippen MR) is 52.2 cm³/mol. The molecular formula is C9H11F4N3O. The molecule has 0 bridgehead atoms. The van der Waals surface area contributed by atoms with E-state index in [0.717, 1.165) is 0 Å². The SMILES string of the molecule is CC(C)n1nccc1NC(=O)C(F)(F)C(F)F. The van der Waals surface area contributed by atoms with Crippen molar-refractivity contribution in [3.63, 3.8) is 0 Å². The topological polar surface area (TPSA) is 46.9 Å². The molecule has 0 fully saturated rings. The zero-order valence-corrected chi connectivity index (χ0v) is 9.12. The lowest BCUT2D eigenvalue weighted by Crippen LogP contribution is -2.41. The van der Waals surface area contributed by atoms with Gasteiger partial charge in [-0.25, -0.2) is 13.5 Å². The quantitative estimate of drug-likeness (QED) is 0.837. The second kappa shape index (κ2) is 4.72. The summed E-state index contributed by atoms with van der Waals surface area (Å²) >= 11 is 0. The molecule has 0 radical (unpaired) electrons. The summed E-state index contributed by atoms with van der Waals surface area (Å²) in [6, 6.07) is 1.06. The molecule has 0 aliphatic carbocycles. The number of hydrogen-bond donors (Lipinski definition) is 1. The van der Waals surface area contributed by atoms with Gasteiger partial charge >= 0.3 is 18.3 Å². The van der Waals surface area contributed by atoms with E-state index in [9.17, 15) is 22.4 Å². The van der Waals surface area contributed by atoms with Gasteiger partial charge in [0.15, 0.2) is 0 Å². The molecule has 1 heterocycles. The number of anilines is 1. The minimum Gasteiger partial charge on any atom is -0.305 e. The maximum atomic E-state index is 12.7. The summed E-state index contributed by atoms with van der Waals surface area (Å²) < 4.78 is 50.4. The Hall–Kier alpha value is -1.60. The molecule has 0 saturated heterocycles. The van der Waals surface area contributed by atoms with Gasteiger partial charge in [0, 0.05) is 12.1 Å². The van der Waals surface area contributed by atoms with Crippen LogP contribution >= 0.6 is 0 Å². The van der Waals surface area contributed by atoms with Crippen LogP contribution in [0.4, 0.5) is 23.4 Å². The van der Waals surface area contributed by atoms with Crippen LogP contribution < -0.4 is 5.32 Å². The molecule has 1 amide bonds. The van der Waals surface area contributed by atoms with Gasteiger partial charge in [0.1, 0.15) is 5.82 Å². The zero-order chi connectivity index (χ0) is 13.2. The summed E-state index contributed by atoms with van der Waals surface area (Å²) in [7, 11) is 0. The number of carbonyl (C=O) groups is 1. The lowest BCUT2D eigenvalue weighted by atomic mass is 10.3. The number of nitrogens with one attached hydrogen (secondary N) is 1. The Kier molecular flexibility index (Phi) is 3.74. The largest absolute Gasteiger partial charge is 0.383 e. The van der Waals surface area contributed by atoms with Crippen molar-refractivity contribution < 1.29 is 22.4 Å². The third-order valence-electron chi connectivity index (χ3n) is 1.98. The lowest BCUT2D eigenvalue weighted by molar-refractivity contribution is -0.163. The molecule has 8 heteroatoms. The average molecular weight is 253 g/mol. The zero-order valence-electron chi connectivity index (χ0n) is 9.12. The second-order valence-corrected chi connectivity index (χ2v) is 3.63. The molecule has 96 valence electrons. The Balaban J connectivity index is 2.85. The van der Waals surface area contributed by atoms with Crippen molar-refractivity contribution in [1.82, 2.24) is 9.78 Å². The van der Waals surface area contributed by atoms with E-state index in [1.54, 1.807) is 19.2 Å². The van der Waals surface area contributed by atoms with E-state index in [-0.39, 0.29) is 11.9 Å². The molecule has 1 aromatic heterocycles. The minimum absolute atomic E-state index is 0.0506. The van der Waals surface area contributed by atoms with Crippen LogP contribution in [0.3, 0.4) is 0 Å². The van der Waals surface area contributed by atoms with Crippen molar-refractivity contribution in [3.05, 3.63) is 12.3 Å². The molecule has 1 N–H and O–H groups in total. The highest BCUT2D eigenvalue weighted by molar-refractivity contribution is 5.95. The molecule has 0 aliphatic heterocycles. The lowest BCUT2D eigenvalue weighted by Gasteiger charge is -2.16. The van der Waals surface area contributed by atoms with E-state index in [4.69, 9.17) is 0 Å². The molecule has 0 aromatic carbocycles. The first-order valence-electron chi connectivity index (χ1n) is 4.77. The number of hydrogen-bond acceptors (Lipinski definition) is 2. The summed E-state index contributed by atoms with van der Waals surface area (Å²) in [4.78, 5) is 11.0. The van der Waals surface area contributed by atoms with E-state index in [2.05, 4.69) is 5.10 Å². The van der Waals surface area contributed by atoms with Crippen LogP contribution in [0.5, 0.6) is 0 Å². The number of alkyl halides is 4. The van der Waals surface area contributed by atoms with Crippen LogP contribution in [0.15, 0.2) is 12.3 Å². The molecule has 4 nitrogen and oxygen atoms in total. The van der Waals surface area contributed by atoms with Crippen LogP contribution in [0.1, 0.15) is 19.9 Å². The van der Waals surface area contributed by atoms with Gasteiger partial charge in [-0.15, -0.1) is 0 Å². The molecule has 1 rings (SSSR count). The van der Waals surface area contributed by atoms with Crippen LogP contribution in [-0.4, -0.2) is 28.0 Å². The summed E-state index contributed by atoms with van der Waals surface area (Å²) in [6.07, 6.45) is -2.77. The maximum Gasteiger partial charge on any atom is 0.383 e. The Morgan fingerprint density at radius 3 is 2.53 bits per heavy atom. The Bertz CT molecular complexity index is 403.